The van der Waals surface area contributed by atoms with Gasteiger partial charge in [0.25, 0.3) is 5.91 Å². The van der Waals surface area contributed by atoms with Gasteiger partial charge in [0, 0.05) is 12.4 Å². The zero-order valence-corrected chi connectivity index (χ0v) is 16.7. The summed E-state index contributed by atoms with van der Waals surface area (Å²) in [7, 11) is 0. The van der Waals surface area contributed by atoms with Crippen LogP contribution >= 0.6 is 0 Å². The summed E-state index contributed by atoms with van der Waals surface area (Å²) in [6.45, 7) is 5.09. The molecule has 0 radical (unpaired) electrons. The van der Waals surface area contributed by atoms with Crippen molar-refractivity contribution in [3.05, 3.63) is 54.1 Å². The number of hydrogen-bond acceptors (Lipinski definition) is 6. The van der Waals surface area contributed by atoms with Crippen LogP contribution in [0.4, 0.5) is 5.69 Å². The lowest BCUT2D eigenvalue weighted by Crippen LogP contribution is -2.11. The Balaban J connectivity index is 1.65. The Bertz CT molecular complexity index is 1030. The first-order valence-corrected chi connectivity index (χ1v) is 9.45. The average Bonchev–Trinajstić information content (AvgIpc) is 3.33. The van der Waals surface area contributed by atoms with E-state index in [1.807, 2.05) is 32.0 Å². The van der Waals surface area contributed by atoms with Crippen molar-refractivity contribution in [3.8, 4) is 11.5 Å². The molecule has 3 rings (SSSR count). The van der Waals surface area contributed by atoms with E-state index in [1.54, 1.807) is 10.9 Å². The third-order valence-corrected chi connectivity index (χ3v) is 4.04. The van der Waals surface area contributed by atoms with Crippen LogP contribution in [-0.2, 0) is 17.9 Å². The Morgan fingerprint density at radius 3 is 2.50 bits per heavy atom. The van der Waals surface area contributed by atoms with Crippen LogP contribution in [0.15, 0.2) is 43.0 Å². The number of ether oxygens (including phenoxy) is 2. The summed E-state index contributed by atoms with van der Waals surface area (Å²) in [5.74, 6) is -0.0603. The highest BCUT2D eigenvalue weighted by Crippen LogP contribution is 2.29. The van der Waals surface area contributed by atoms with Gasteiger partial charge < -0.3 is 19.9 Å². The topological polar surface area (TPSA) is 121 Å². The SMILES string of the molecule is CCOc1ccc(Cn2cc(NC(=O)c3cnn(CC(=O)O)c3)cn2)cc1OCC. The average molecular weight is 413 g/mol. The number of anilines is 1. The van der Waals surface area contributed by atoms with E-state index in [2.05, 4.69) is 15.5 Å². The molecule has 3 aromatic rings. The van der Waals surface area contributed by atoms with Crippen LogP contribution in [0, 0.1) is 0 Å². The molecule has 2 heterocycles. The Kier molecular flexibility index (Phi) is 6.68. The van der Waals surface area contributed by atoms with Gasteiger partial charge in [-0.1, -0.05) is 6.07 Å². The second kappa shape index (κ2) is 9.59. The number of carbonyl (C=O) groups excluding carboxylic acids is 1. The fourth-order valence-corrected chi connectivity index (χ4v) is 2.80. The third kappa shape index (κ3) is 5.37. The lowest BCUT2D eigenvalue weighted by molar-refractivity contribution is -0.137. The number of nitrogens with zero attached hydrogens (tertiary/aromatic N) is 4. The number of carbonyl (C=O) groups is 2. The summed E-state index contributed by atoms with van der Waals surface area (Å²) in [5.41, 5.74) is 1.75. The van der Waals surface area contributed by atoms with Crippen LogP contribution in [0.1, 0.15) is 29.8 Å². The van der Waals surface area contributed by atoms with E-state index in [4.69, 9.17) is 14.6 Å². The zero-order chi connectivity index (χ0) is 21.5. The van der Waals surface area contributed by atoms with Crippen LogP contribution in [0.3, 0.4) is 0 Å². The van der Waals surface area contributed by atoms with Crippen LogP contribution in [0.2, 0.25) is 0 Å². The van der Waals surface area contributed by atoms with Crippen molar-refractivity contribution in [3.63, 3.8) is 0 Å². The minimum atomic E-state index is -1.03. The van der Waals surface area contributed by atoms with Crippen molar-refractivity contribution in [2.45, 2.75) is 26.9 Å². The van der Waals surface area contributed by atoms with Gasteiger partial charge in [0.15, 0.2) is 11.5 Å². The third-order valence-electron chi connectivity index (χ3n) is 4.04. The van der Waals surface area contributed by atoms with Gasteiger partial charge in [0.1, 0.15) is 6.54 Å². The van der Waals surface area contributed by atoms with Crippen molar-refractivity contribution in [2.75, 3.05) is 18.5 Å². The Morgan fingerprint density at radius 2 is 1.77 bits per heavy atom. The minimum Gasteiger partial charge on any atom is -0.490 e. The molecule has 2 aromatic heterocycles. The second-order valence-electron chi connectivity index (χ2n) is 6.35. The quantitative estimate of drug-likeness (QED) is 0.523. The van der Waals surface area contributed by atoms with Gasteiger partial charge in [-0.25, -0.2) is 0 Å². The van der Waals surface area contributed by atoms with E-state index >= 15 is 0 Å². The predicted molar refractivity (Wildman–Crippen MR) is 108 cm³/mol. The van der Waals surface area contributed by atoms with E-state index in [-0.39, 0.29) is 12.1 Å². The fourth-order valence-electron chi connectivity index (χ4n) is 2.80. The number of aromatic nitrogens is 4. The molecule has 0 bridgehead atoms. The molecule has 2 N–H and O–H groups in total. The van der Waals surface area contributed by atoms with Crippen LogP contribution < -0.4 is 14.8 Å². The smallest absolute Gasteiger partial charge is 0.325 e. The second-order valence-corrected chi connectivity index (χ2v) is 6.35. The minimum absolute atomic E-state index is 0.261. The van der Waals surface area contributed by atoms with E-state index in [0.29, 0.717) is 36.9 Å². The molecule has 1 amide bonds. The van der Waals surface area contributed by atoms with Crippen molar-refractivity contribution >= 4 is 17.6 Å². The maximum absolute atomic E-state index is 12.3. The molecule has 0 fully saturated rings. The van der Waals surface area contributed by atoms with Gasteiger partial charge in [0.2, 0.25) is 0 Å². The number of aliphatic carboxylic acids is 1. The zero-order valence-electron chi connectivity index (χ0n) is 16.7. The van der Waals surface area contributed by atoms with Crippen LogP contribution in [0.25, 0.3) is 0 Å². The fraction of sp³-hybridized carbons (Fsp3) is 0.300. The predicted octanol–water partition coefficient (Wildman–Crippen LogP) is 2.26. The van der Waals surface area contributed by atoms with Gasteiger partial charge in [-0.3, -0.25) is 19.0 Å². The molecule has 0 atom stereocenters. The van der Waals surface area contributed by atoms with Gasteiger partial charge in [-0.2, -0.15) is 10.2 Å². The summed E-state index contributed by atoms with van der Waals surface area (Å²) < 4.78 is 14.1. The number of carboxylic acid groups (broad SMARTS) is 1. The van der Waals surface area contributed by atoms with Crippen molar-refractivity contribution in [2.24, 2.45) is 0 Å². The summed E-state index contributed by atoms with van der Waals surface area (Å²) in [5, 5.41) is 19.6. The molecule has 10 nitrogen and oxygen atoms in total. The number of amides is 1. The van der Waals surface area contributed by atoms with Crippen molar-refractivity contribution in [1.82, 2.24) is 19.6 Å². The van der Waals surface area contributed by atoms with Crippen molar-refractivity contribution in [1.29, 1.82) is 0 Å². The highest BCUT2D eigenvalue weighted by atomic mass is 16.5. The standard InChI is InChI=1S/C20H23N5O5/c1-3-29-17-6-5-14(7-18(17)30-4-2)10-24-12-16(9-22-24)23-20(28)15-8-21-25(11-15)13-19(26)27/h5-9,11-12H,3-4,10,13H2,1-2H3,(H,23,28)(H,26,27). The first-order chi connectivity index (χ1) is 14.5. The molecular weight excluding hydrogens is 390 g/mol. The maximum Gasteiger partial charge on any atom is 0.325 e. The Hall–Kier alpha value is -3.82. The van der Waals surface area contributed by atoms with E-state index in [1.165, 1.54) is 23.3 Å². The lowest BCUT2D eigenvalue weighted by atomic mass is 10.2. The lowest BCUT2D eigenvalue weighted by Gasteiger charge is -2.12. The van der Waals surface area contributed by atoms with Gasteiger partial charge in [-0.05, 0) is 31.5 Å². The Morgan fingerprint density at radius 1 is 1.03 bits per heavy atom. The number of hydrogen-bond donors (Lipinski definition) is 2. The maximum atomic E-state index is 12.3. The highest BCUT2D eigenvalue weighted by molar-refractivity contribution is 6.03. The Labute approximate surface area is 173 Å². The molecule has 158 valence electrons. The highest BCUT2D eigenvalue weighted by Gasteiger charge is 2.12. The summed E-state index contributed by atoms with van der Waals surface area (Å²) >= 11 is 0. The summed E-state index contributed by atoms with van der Waals surface area (Å²) in [4.78, 5) is 23.0. The molecule has 0 aliphatic carbocycles. The van der Waals surface area contributed by atoms with Crippen LogP contribution in [0.5, 0.6) is 11.5 Å². The van der Waals surface area contributed by atoms with Crippen molar-refractivity contribution < 1.29 is 24.2 Å². The molecule has 10 heteroatoms. The molecule has 0 aliphatic rings. The summed E-state index contributed by atoms with van der Waals surface area (Å²) in [6, 6.07) is 5.71. The molecule has 0 unspecified atom stereocenters. The largest absolute Gasteiger partial charge is 0.490 e. The van der Waals surface area contributed by atoms with E-state index < -0.39 is 11.9 Å². The molecule has 0 spiro atoms. The first kappa shape index (κ1) is 20.9. The van der Waals surface area contributed by atoms with Gasteiger partial charge >= 0.3 is 5.97 Å². The molecule has 0 saturated carbocycles. The number of benzene rings is 1. The number of nitrogens with one attached hydrogen (secondary N) is 1. The molecule has 0 aliphatic heterocycles. The number of rotatable bonds is 10. The molecule has 30 heavy (non-hydrogen) atoms. The first-order valence-electron chi connectivity index (χ1n) is 9.45. The number of carboxylic acids is 1. The monoisotopic (exact) mass is 413 g/mol. The normalized spacial score (nSPS) is 10.6. The van der Waals surface area contributed by atoms with E-state index in [0.717, 1.165) is 5.56 Å². The van der Waals surface area contributed by atoms with Gasteiger partial charge in [-0.15, -0.1) is 0 Å². The molecule has 1 aromatic carbocycles. The summed E-state index contributed by atoms with van der Waals surface area (Å²) in [6.07, 6.45) is 5.94. The van der Waals surface area contributed by atoms with Gasteiger partial charge in [0.05, 0.1) is 43.4 Å². The molecule has 0 saturated heterocycles. The van der Waals surface area contributed by atoms with E-state index in [9.17, 15) is 9.59 Å². The molecular formula is C20H23N5O5. The van der Waals surface area contributed by atoms with Crippen LogP contribution in [-0.4, -0.2) is 49.8 Å².